The van der Waals surface area contributed by atoms with Gasteiger partial charge in [-0.3, -0.25) is 24.0 Å². The van der Waals surface area contributed by atoms with Crippen molar-refractivity contribution in [3.05, 3.63) is 34.9 Å². The third-order valence-corrected chi connectivity index (χ3v) is 14.4. The van der Waals surface area contributed by atoms with Crippen LogP contribution in [0.3, 0.4) is 0 Å². The third-order valence-electron chi connectivity index (χ3n) is 12.5. The van der Waals surface area contributed by atoms with E-state index in [2.05, 4.69) is 35.3 Å². The Labute approximate surface area is 324 Å². The molecule has 4 aliphatic heterocycles. The fourth-order valence-corrected chi connectivity index (χ4v) is 10.3. The Morgan fingerprint density at radius 1 is 0.909 bits per heavy atom. The Kier molecular flexibility index (Phi) is 11.4. The number of sulfonamides is 1. The van der Waals surface area contributed by atoms with Gasteiger partial charge in [-0.05, 0) is 79.4 Å². The van der Waals surface area contributed by atoms with Crippen molar-refractivity contribution in [2.45, 2.75) is 159 Å². The largest absolute Gasteiger partial charge is 0.449 e. The smallest absolute Gasteiger partial charge is 0.410 e. The van der Waals surface area contributed by atoms with E-state index >= 15 is 0 Å². The normalized spacial score (nSPS) is 31.0. The van der Waals surface area contributed by atoms with Crippen molar-refractivity contribution in [3.8, 4) is 0 Å². The van der Waals surface area contributed by atoms with Crippen molar-refractivity contribution in [1.29, 1.82) is 0 Å². The predicted molar refractivity (Wildman–Crippen MR) is 202 cm³/mol. The minimum Gasteiger partial charge on any atom is -0.449 e. The number of rotatable bonds is 3. The first-order valence-electron chi connectivity index (χ1n) is 20.4. The summed E-state index contributed by atoms with van der Waals surface area (Å²) in [5.41, 5.74) is 1.71. The van der Waals surface area contributed by atoms with Crippen molar-refractivity contribution < 1.29 is 41.9 Å². The zero-order chi connectivity index (χ0) is 39.0. The number of amides is 5. The van der Waals surface area contributed by atoms with Gasteiger partial charge in [0.25, 0.3) is 5.91 Å². The number of hydrogen-bond donors (Lipinski definition) is 3. The minimum absolute atomic E-state index is 0.0244. The second kappa shape index (κ2) is 15.9. The lowest BCUT2D eigenvalue weighted by Gasteiger charge is -2.30. The van der Waals surface area contributed by atoms with Gasteiger partial charge in [0.1, 0.15) is 23.7 Å². The lowest BCUT2D eigenvalue weighted by molar-refractivity contribution is -0.141. The van der Waals surface area contributed by atoms with Crippen LogP contribution in [-0.4, -0.2) is 90.3 Å². The molecule has 1 aromatic rings. The Hall–Kier alpha value is -3.88. The van der Waals surface area contributed by atoms with E-state index in [0.717, 1.165) is 68.9 Å². The molecule has 4 fully saturated rings. The van der Waals surface area contributed by atoms with Crippen molar-refractivity contribution >= 4 is 39.9 Å². The summed E-state index contributed by atoms with van der Waals surface area (Å²) in [6, 6.07) is 4.03. The Bertz CT molecular complexity index is 1780. The average Bonchev–Trinajstić information content (AvgIpc) is 4.02. The van der Waals surface area contributed by atoms with Gasteiger partial charge in [-0.2, -0.15) is 0 Å². The van der Waals surface area contributed by atoms with E-state index in [9.17, 15) is 32.4 Å². The molecule has 0 radical (unpaired) electrons. The molecule has 0 aromatic heterocycles. The van der Waals surface area contributed by atoms with Gasteiger partial charge in [-0.25, -0.2) is 18.0 Å². The molecular formula is C40H57N5O9S. The van der Waals surface area contributed by atoms with Crippen LogP contribution in [0.15, 0.2) is 18.2 Å². The van der Waals surface area contributed by atoms with E-state index < -0.39 is 68.9 Å². The van der Waals surface area contributed by atoms with Gasteiger partial charge in [0.15, 0.2) is 0 Å². The lowest BCUT2D eigenvalue weighted by Crippen LogP contribution is -2.58. The highest BCUT2D eigenvalue weighted by atomic mass is 32.2. The quantitative estimate of drug-likeness (QED) is 0.396. The number of hydrogen-bond acceptors (Lipinski definition) is 9. The lowest BCUT2D eigenvalue weighted by atomic mass is 9.87. The van der Waals surface area contributed by atoms with Crippen LogP contribution in [-0.2, 0) is 53.4 Å². The van der Waals surface area contributed by atoms with Gasteiger partial charge in [-0.15, -0.1) is 0 Å². The zero-order valence-corrected chi connectivity index (χ0v) is 33.1. The average molecular weight is 784 g/mol. The van der Waals surface area contributed by atoms with Crippen LogP contribution in [0.2, 0.25) is 0 Å². The number of carbonyl (C=O) groups excluding carboxylic acids is 5. The molecule has 5 amide bonds. The van der Waals surface area contributed by atoms with Gasteiger partial charge in [0.05, 0.1) is 18.4 Å². The molecule has 1 aromatic carbocycles. The molecule has 7 rings (SSSR count). The highest BCUT2D eigenvalue weighted by Gasteiger charge is 2.62. The number of carbonyl (C=O) groups is 5. The monoisotopic (exact) mass is 783 g/mol. The minimum atomic E-state index is -3.87. The SMILES string of the molecule is CC1(C)CCCCCc2cccc3c2CN(C3)C(=O)O[C@@H]2C[C@H]3C(=O)N[C@]4(C(=O)NS(=O)(=O)C5CC5)C[C@H]4CCCCCCC[C@H](NC(=O)OC1)C(=O)N3C2. The van der Waals surface area contributed by atoms with Gasteiger partial charge in [-0.1, -0.05) is 77.0 Å². The maximum atomic E-state index is 14.5. The molecule has 15 heteroatoms. The Morgan fingerprint density at radius 2 is 1.64 bits per heavy atom. The molecule has 3 N–H and O–H groups in total. The van der Waals surface area contributed by atoms with Crippen molar-refractivity contribution in [2.24, 2.45) is 11.3 Å². The first kappa shape index (κ1) is 39.4. The molecular weight excluding hydrogens is 727 g/mol. The highest BCUT2D eigenvalue weighted by molar-refractivity contribution is 7.91. The number of fused-ring (bicyclic) bond motifs is 4. The van der Waals surface area contributed by atoms with E-state index in [1.807, 2.05) is 12.1 Å². The van der Waals surface area contributed by atoms with E-state index in [-0.39, 0.29) is 37.3 Å². The van der Waals surface area contributed by atoms with Gasteiger partial charge < -0.3 is 25.0 Å². The topological polar surface area (TPSA) is 181 Å². The van der Waals surface area contributed by atoms with Crippen LogP contribution in [0.1, 0.15) is 127 Å². The summed E-state index contributed by atoms with van der Waals surface area (Å²) in [5.74, 6) is -2.14. The number of benzene rings is 1. The molecule has 5 bridgehead atoms. The van der Waals surface area contributed by atoms with Crippen molar-refractivity contribution in [1.82, 2.24) is 25.2 Å². The Balaban J connectivity index is 1.16. The molecule has 2 saturated heterocycles. The molecule has 6 aliphatic rings. The molecule has 302 valence electrons. The fraction of sp³-hybridized carbons (Fsp3) is 0.725. The third kappa shape index (κ3) is 9.07. The first-order chi connectivity index (χ1) is 26.2. The summed E-state index contributed by atoms with van der Waals surface area (Å²) in [6.07, 6.45) is 8.80. The van der Waals surface area contributed by atoms with Crippen molar-refractivity contribution in [3.63, 3.8) is 0 Å². The standard InChI is InChI=1S/C40H57N5O9S/c1-39(2)19-10-6-7-12-26-13-11-14-27-22-44(24-31(26)27)38(50)54-29-20-33-34(46)42-40(36(48)43-55(51,52)30-17-18-30)21-28(40)15-8-4-3-5-9-16-32(35(47)45(33)23-29)41-37(49)53-25-39/h11,13-14,28-30,32-33H,3-10,12,15-25H2,1-2H3,(H,41,49)(H,42,46)(H,43,48)/t28-,29-,32+,33+,40-/m1/s1. The molecule has 0 unspecified atom stereocenters. The molecule has 55 heavy (non-hydrogen) atoms. The number of cyclic esters (lactones) is 1. The summed E-state index contributed by atoms with van der Waals surface area (Å²) in [7, 11) is -3.87. The van der Waals surface area contributed by atoms with E-state index in [1.54, 1.807) is 4.90 Å². The van der Waals surface area contributed by atoms with E-state index in [0.29, 0.717) is 45.2 Å². The van der Waals surface area contributed by atoms with E-state index in [1.165, 1.54) is 10.5 Å². The molecule has 5 atom stereocenters. The summed E-state index contributed by atoms with van der Waals surface area (Å²) in [6.45, 7) is 5.02. The van der Waals surface area contributed by atoms with Gasteiger partial charge >= 0.3 is 12.2 Å². The molecule has 0 spiro atoms. The zero-order valence-electron chi connectivity index (χ0n) is 32.2. The molecule has 14 nitrogen and oxygen atoms in total. The number of alkyl carbamates (subject to hydrolysis) is 1. The summed E-state index contributed by atoms with van der Waals surface area (Å²) < 4.78 is 39.7. The first-order valence-corrected chi connectivity index (χ1v) is 22.0. The Morgan fingerprint density at radius 3 is 2.42 bits per heavy atom. The van der Waals surface area contributed by atoms with Crippen LogP contribution in [0, 0.1) is 11.3 Å². The van der Waals surface area contributed by atoms with Crippen LogP contribution in [0.5, 0.6) is 0 Å². The van der Waals surface area contributed by atoms with Crippen LogP contribution < -0.4 is 15.4 Å². The van der Waals surface area contributed by atoms with Crippen LogP contribution >= 0.6 is 0 Å². The second-order valence-electron chi connectivity index (χ2n) is 17.5. The number of ether oxygens (including phenoxy) is 2. The maximum Gasteiger partial charge on any atom is 0.410 e. The van der Waals surface area contributed by atoms with Crippen molar-refractivity contribution in [2.75, 3.05) is 13.2 Å². The summed E-state index contributed by atoms with van der Waals surface area (Å²) >= 11 is 0. The van der Waals surface area contributed by atoms with Crippen LogP contribution in [0.25, 0.3) is 0 Å². The highest BCUT2D eigenvalue weighted by Crippen LogP contribution is 2.48. The second-order valence-corrected chi connectivity index (χ2v) is 19.5. The molecule has 2 aliphatic carbocycles. The molecule has 2 saturated carbocycles. The maximum absolute atomic E-state index is 14.5. The van der Waals surface area contributed by atoms with E-state index in [4.69, 9.17) is 9.47 Å². The number of aryl methyl sites for hydroxylation is 1. The fourth-order valence-electron chi connectivity index (χ4n) is 8.94. The molecule has 4 heterocycles. The van der Waals surface area contributed by atoms with Gasteiger partial charge in [0, 0.05) is 19.5 Å². The van der Waals surface area contributed by atoms with Crippen LogP contribution in [0.4, 0.5) is 9.59 Å². The number of nitrogens with zero attached hydrogens (tertiary/aromatic N) is 2. The predicted octanol–water partition coefficient (Wildman–Crippen LogP) is 4.57. The summed E-state index contributed by atoms with van der Waals surface area (Å²) in [4.78, 5) is 72.6. The number of nitrogens with one attached hydrogen (secondary N) is 3. The summed E-state index contributed by atoms with van der Waals surface area (Å²) in [5, 5.41) is 5.09. The van der Waals surface area contributed by atoms with Gasteiger partial charge in [0.2, 0.25) is 21.8 Å².